The van der Waals surface area contributed by atoms with Crippen LogP contribution >= 0.6 is 0 Å². The highest BCUT2D eigenvalue weighted by atomic mass is 16.5. The molecule has 0 saturated carbocycles. The highest BCUT2D eigenvalue weighted by molar-refractivity contribution is 5.94. The number of ether oxygens (including phenoxy) is 2. The highest BCUT2D eigenvalue weighted by Gasteiger charge is 2.14. The second kappa shape index (κ2) is 8.22. The third-order valence-electron chi connectivity index (χ3n) is 3.50. The summed E-state index contributed by atoms with van der Waals surface area (Å²) in [7, 11) is 1.61. The largest absolute Gasteiger partial charge is 0.497 e. The molecule has 1 atom stereocenters. The molecule has 1 amide bonds. The molecule has 122 valence electrons. The van der Waals surface area contributed by atoms with Crippen LogP contribution in [0.5, 0.6) is 11.5 Å². The first-order valence-corrected chi connectivity index (χ1v) is 7.83. The molecule has 2 rings (SSSR count). The summed E-state index contributed by atoms with van der Waals surface area (Å²) in [4.78, 5) is 12.2. The zero-order valence-electron chi connectivity index (χ0n) is 13.8. The Labute approximate surface area is 137 Å². The van der Waals surface area contributed by atoms with Gasteiger partial charge < -0.3 is 14.8 Å². The molecule has 0 heterocycles. The predicted molar refractivity (Wildman–Crippen MR) is 92.2 cm³/mol. The third kappa shape index (κ3) is 5.02. The molecule has 23 heavy (non-hydrogen) atoms. The Balaban J connectivity index is 1.90. The van der Waals surface area contributed by atoms with Gasteiger partial charge in [-0.15, -0.1) is 0 Å². The molecule has 0 aliphatic rings. The lowest BCUT2D eigenvalue weighted by Crippen LogP contribution is -2.30. The Bertz CT molecular complexity index is 620. The van der Waals surface area contributed by atoms with E-state index in [-0.39, 0.29) is 5.91 Å². The molecule has 0 aromatic heterocycles. The van der Waals surface area contributed by atoms with Crippen molar-refractivity contribution in [3.8, 4) is 11.5 Å². The Morgan fingerprint density at radius 1 is 1.04 bits per heavy atom. The molecule has 1 N–H and O–H groups in total. The predicted octanol–water partition coefficient (Wildman–Crippen LogP) is 4.05. The van der Waals surface area contributed by atoms with Crippen LogP contribution in [-0.4, -0.2) is 19.1 Å². The average Bonchev–Trinajstić information content (AvgIpc) is 2.57. The maximum atomic E-state index is 12.2. The minimum absolute atomic E-state index is 0.187. The molecular weight excluding hydrogens is 290 g/mol. The molecule has 4 nitrogen and oxygen atoms in total. The van der Waals surface area contributed by atoms with E-state index >= 15 is 0 Å². The van der Waals surface area contributed by atoms with Gasteiger partial charge in [-0.25, -0.2) is 0 Å². The summed E-state index contributed by atoms with van der Waals surface area (Å²) in [6.45, 7) is 3.88. The monoisotopic (exact) mass is 313 g/mol. The van der Waals surface area contributed by atoms with Crippen molar-refractivity contribution in [3.63, 3.8) is 0 Å². The number of carbonyl (C=O) groups excluding carboxylic acids is 1. The van der Waals surface area contributed by atoms with Crippen LogP contribution < -0.4 is 14.8 Å². The van der Waals surface area contributed by atoms with E-state index in [1.807, 2.05) is 24.3 Å². The lowest BCUT2D eigenvalue weighted by atomic mass is 10.1. The van der Waals surface area contributed by atoms with Crippen molar-refractivity contribution in [2.24, 2.45) is 0 Å². The molecule has 1 unspecified atom stereocenters. The van der Waals surface area contributed by atoms with Crippen molar-refractivity contribution in [2.45, 2.75) is 32.8 Å². The van der Waals surface area contributed by atoms with E-state index in [0.29, 0.717) is 11.4 Å². The van der Waals surface area contributed by atoms with Gasteiger partial charge in [-0.3, -0.25) is 4.79 Å². The zero-order chi connectivity index (χ0) is 16.7. The number of rotatable bonds is 7. The topological polar surface area (TPSA) is 47.6 Å². The van der Waals surface area contributed by atoms with Gasteiger partial charge in [0.1, 0.15) is 11.5 Å². The van der Waals surface area contributed by atoms with Crippen LogP contribution in [-0.2, 0) is 11.2 Å². The van der Waals surface area contributed by atoms with Gasteiger partial charge in [-0.1, -0.05) is 25.5 Å². The normalized spacial score (nSPS) is 11.6. The van der Waals surface area contributed by atoms with E-state index in [0.717, 1.165) is 18.6 Å². The van der Waals surface area contributed by atoms with Crippen LogP contribution in [0.4, 0.5) is 5.69 Å². The lowest BCUT2D eigenvalue weighted by molar-refractivity contribution is -0.122. The Morgan fingerprint density at radius 3 is 2.22 bits per heavy atom. The summed E-state index contributed by atoms with van der Waals surface area (Å²) < 4.78 is 10.8. The average molecular weight is 313 g/mol. The van der Waals surface area contributed by atoms with Crippen LogP contribution in [0.15, 0.2) is 48.5 Å². The number of aryl methyl sites for hydroxylation is 1. The summed E-state index contributed by atoms with van der Waals surface area (Å²) in [6.07, 6.45) is 1.59. The number of anilines is 1. The van der Waals surface area contributed by atoms with Gasteiger partial charge in [0.2, 0.25) is 0 Å². The standard InChI is InChI=1S/C19H23NO3/c1-4-5-15-6-10-18(11-7-15)23-14(2)19(21)20-16-8-12-17(22-3)13-9-16/h6-14H,4-5H2,1-3H3,(H,20,21). The lowest BCUT2D eigenvalue weighted by Gasteiger charge is -2.15. The minimum atomic E-state index is -0.575. The molecular formula is C19H23NO3. The third-order valence-corrected chi connectivity index (χ3v) is 3.50. The molecule has 0 aliphatic heterocycles. The number of amides is 1. The van der Waals surface area contributed by atoms with Crippen molar-refractivity contribution in [1.29, 1.82) is 0 Å². The summed E-state index contributed by atoms with van der Waals surface area (Å²) in [5.41, 5.74) is 1.99. The van der Waals surface area contributed by atoms with Gasteiger partial charge in [0.25, 0.3) is 5.91 Å². The summed E-state index contributed by atoms with van der Waals surface area (Å²) in [6, 6.07) is 15.1. The number of hydrogen-bond donors (Lipinski definition) is 1. The van der Waals surface area contributed by atoms with E-state index in [2.05, 4.69) is 12.2 Å². The van der Waals surface area contributed by atoms with Crippen LogP contribution in [0.25, 0.3) is 0 Å². The molecule has 0 radical (unpaired) electrons. The van der Waals surface area contributed by atoms with Gasteiger partial charge in [-0.2, -0.15) is 0 Å². The molecule has 4 heteroatoms. The van der Waals surface area contributed by atoms with Gasteiger partial charge in [0, 0.05) is 5.69 Å². The van der Waals surface area contributed by atoms with Crippen LogP contribution in [0.1, 0.15) is 25.8 Å². The van der Waals surface area contributed by atoms with E-state index in [4.69, 9.17) is 9.47 Å². The first-order chi connectivity index (χ1) is 11.1. The Kier molecular flexibility index (Phi) is 6.03. The number of carbonyl (C=O) groups is 1. The first kappa shape index (κ1) is 16.9. The van der Waals surface area contributed by atoms with E-state index in [9.17, 15) is 4.79 Å². The van der Waals surface area contributed by atoms with Crippen LogP contribution in [0.2, 0.25) is 0 Å². The fourth-order valence-electron chi connectivity index (χ4n) is 2.20. The van der Waals surface area contributed by atoms with Gasteiger partial charge >= 0.3 is 0 Å². The second-order valence-corrected chi connectivity index (χ2v) is 5.37. The minimum Gasteiger partial charge on any atom is -0.497 e. The number of nitrogens with one attached hydrogen (secondary N) is 1. The van der Waals surface area contributed by atoms with Crippen molar-refractivity contribution >= 4 is 11.6 Å². The maximum Gasteiger partial charge on any atom is 0.265 e. The Morgan fingerprint density at radius 2 is 1.65 bits per heavy atom. The molecule has 0 saturated heterocycles. The molecule has 0 spiro atoms. The van der Waals surface area contributed by atoms with E-state index in [1.165, 1.54) is 5.56 Å². The van der Waals surface area contributed by atoms with Crippen molar-refractivity contribution in [2.75, 3.05) is 12.4 Å². The van der Waals surface area contributed by atoms with Gasteiger partial charge in [-0.05, 0) is 55.3 Å². The molecule has 0 bridgehead atoms. The summed E-state index contributed by atoms with van der Waals surface area (Å²) in [5, 5.41) is 2.83. The van der Waals surface area contributed by atoms with Crippen molar-refractivity contribution < 1.29 is 14.3 Å². The first-order valence-electron chi connectivity index (χ1n) is 7.83. The van der Waals surface area contributed by atoms with Crippen LogP contribution in [0, 0.1) is 0 Å². The van der Waals surface area contributed by atoms with Gasteiger partial charge in [0.15, 0.2) is 6.10 Å². The number of methoxy groups -OCH3 is 1. The summed E-state index contributed by atoms with van der Waals surface area (Å²) >= 11 is 0. The van der Waals surface area contributed by atoms with Gasteiger partial charge in [0.05, 0.1) is 7.11 Å². The molecule has 2 aromatic rings. The molecule has 2 aromatic carbocycles. The second-order valence-electron chi connectivity index (χ2n) is 5.37. The van der Waals surface area contributed by atoms with Crippen LogP contribution in [0.3, 0.4) is 0 Å². The SMILES string of the molecule is CCCc1ccc(OC(C)C(=O)Nc2ccc(OC)cc2)cc1. The highest BCUT2D eigenvalue weighted by Crippen LogP contribution is 2.17. The fraction of sp³-hybridized carbons (Fsp3) is 0.316. The Hall–Kier alpha value is -2.49. The summed E-state index contributed by atoms with van der Waals surface area (Å²) in [5.74, 6) is 1.26. The van der Waals surface area contributed by atoms with Crippen molar-refractivity contribution in [1.82, 2.24) is 0 Å². The fourth-order valence-corrected chi connectivity index (χ4v) is 2.20. The van der Waals surface area contributed by atoms with E-state index < -0.39 is 6.10 Å². The van der Waals surface area contributed by atoms with Crippen molar-refractivity contribution in [3.05, 3.63) is 54.1 Å². The maximum absolute atomic E-state index is 12.2. The quantitative estimate of drug-likeness (QED) is 0.838. The zero-order valence-corrected chi connectivity index (χ0v) is 13.8. The van der Waals surface area contributed by atoms with E-state index in [1.54, 1.807) is 38.3 Å². The smallest absolute Gasteiger partial charge is 0.265 e. The number of benzene rings is 2. The molecule has 0 aliphatic carbocycles. The number of hydrogen-bond acceptors (Lipinski definition) is 3. The molecule has 0 fully saturated rings.